The number of carbonyl (C=O) groups excluding carboxylic acids is 1. The molecule has 5 heteroatoms. The third-order valence-electron chi connectivity index (χ3n) is 2.08. The first-order valence-electron chi connectivity index (χ1n) is 4.60. The van der Waals surface area contributed by atoms with Crippen LogP contribution in [0.2, 0.25) is 0 Å². The van der Waals surface area contributed by atoms with Crippen molar-refractivity contribution in [2.45, 2.75) is 12.8 Å². The first kappa shape index (κ1) is 11.0. The summed E-state index contributed by atoms with van der Waals surface area (Å²) in [5, 5.41) is 15.1. The Labute approximate surface area is 101 Å². The zero-order chi connectivity index (χ0) is 11.5. The lowest BCUT2D eigenvalue weighted by molar-refractivity contribution is 0.0979. The largest absolute Gasteiger partial charge is 0.292 e. The summed E-state index contributed by atoms with van der Waals surface area (Å²) in [6.45, 7) is 1.85. The second kappa shape index (κ2) is 4.56. The zero-order valence-corrected chi connectivity index (χ0v) is 10.1. The summed E-state index contributed by atoms with van der Waals surface area (Å²) in [5.74, 6) is -0.939. The lowest BCUT2D eigenvalue weighted by Crippen LogP contribution is -2.10. The predicted molar refractivity (Wildman–Crippen MR) is 63.9 cm³/mol. The van der Waals surface area contributed by atoms with Crippen LogP contribution < -0.4 is 0 Å². The normalized spacial score (nSPS) is 12.0. The van der Waals surface area contributed by atoms with Gasteiger partial charge in [-0.05, 0) is 18.4 Å². The zero-order valence-electron chi connectivity index (χ0n) is 8.51. The average Bonchev–Trinajstić information content (AvgIpc) is 2.90. The molecule has 0 amide bonds. The van der Waals surface area contributed by atoms with Crippen LogP contribution in [0.25, 0.3) is 0 Å². The number of thiazole rings is 1. The van der Waals surface area contributed by atoms with E-state index in [1.165, 1.54) is 22.7 Å². The fourth-order valence-electron chi connectivity index (χ4n) is 1.30. The van der Waals surface area contributed by atoms with Crippen LogP contribution in [-0.4, -0.2) is 10.8 Å². The smallest absolute Gasteiger partial charge is 0.187 e. The molecule has 2 aromatic heterocycles. The van der Waals surface area contributed by atoms with E-state index in [0.29, 0.717) is 10.6 Å². The average molecular weight is 248 g/mol. The van der Waals surface area contributed by atoms with Crippen molar-refractivity contribution in [2.24, 2.45) is 0 Å². The molecule has 0 spiro atoms. The van der Waals surface area contributed by atoms with Gasteiger partial charge in [0, 0.05) is 22.0 Å². The summed E-state index contributed by atoms with van der Waals surface area (Å²) < 4.78 is 0. The highest BCUT2D eigenvalue weighted by atomic mass is 32.1. The van der Waals surface area contributed by atoms with Crippen molar-refractivity contribution < 1.29 is 4.79 Å². The highest BCUT2D eigenvalue weighted by molar-refractivity contribution is 7.10. The molecule has 2 rings (SSSR count). The number of Topliss-reactive ketones (excluding diaryl/α,β-unsaturated/α-hetero) is 1. The lowest BCUT2D eigenvalue weighted by atomic mass is 10.0. The molecule has 2 heterocycles. The van der Waals surface area contributed by atoms with Gasteiger partial charge in [-0.25, -0.2) is 4.98 Å². The molecule has 0 fully saturated rings. The number of carbonyl (C=O) groups is 1. The summed E-state index contributed by atoms with van der Waals surface area (Å²) in [4.78, 5) is 16.2. The second-order valence-electron chi connectivity index (χ2n) is 3.27. The van der Waals surface area contributed by atoms with Gasteiger partial charge in [0.05, 0.1) is 6.07 Å². The summed E-state index contributed by atoms with van der Waals surface area (Å²) in [7, 11) is 0. The van der Waals surface area contributed by atoms with Crippen LogP contribution in [-0.2, 0) is 0 Å². The van der Waals surface area contributed by atoms with Gasteiger partial charge in [0.1, 0.15) is 5.01 Å². The fourth-order valence-corrected chi connectivity index (χ4v) is 2.78. The van der Waals surface area contributed by atoms with Crippen molar-refractivity contribution in [2.75, 3.05) is 0 Å². The van der Waals surface area contributed by atoms with Crippen molar-refractivity contribution in [1.82, 2.24) is 4.98 Å². The predicted octanol–water partition coefficient (Wildman–Crippen LogP) is 3.00. The minimum atomic E-state index is -0.770. The minimum Gasteiger partial charge on any atom is -0.292 e. The highest BCUT2D eigenvalue weighted by Crippen LogP contribution is 2.24. The first-order valence-corrected chi connectivity index (χ1v) is 6.42. The molecule has 0 saturated carbocycles. The van der Waals surface area contributed by atoms with Gasteiger partial charge in [-0.15, -0.1) is 11.3 Å². The van der Waals surface area contributed by atoms with E-state index < -0.39 is 5.92 Å². The highest BCUT2D eigenvalue weighted by Gasteiger charge is 2.24. The first-order chi connectivity index (χ1) is 7.72. The summed E-state index contributed by atoms with van der Waals surface area (Å²) in [6, 6.07) is 3.76. The molecule has 0 aromatic carbocycles. The number of nitriles is 1. The van der Waals surface area contributed by atoms with Gasteiger partial charge < -0.3 is 0 Å². The SMILES string of the molecule is Cc1csc(C(C#N)C(=O)c2ccsc2)n1. The van der Waals surface area contributed by atoms with Crippen molar-refractivity contribution in [3.8, 4) is 6.07 Å². The molecule has 3 nitrogen and oxygen atoms in total. The Kier molecular flexibility index (Phi) is 3.13. The van der Waals surface area contributed by atoms with Gasteiger partial charge in [-0.1, -0.05) is 0 Å². The van der Waals surface area contributed by atoms with E-state index in [1.807, 2.05) is 23.8 Å². The van der Waals surface area contributed by atoms with Crippen molar-refractivity contribution in [3.63, 3.8) is 0 Å². The van der Waals surface area contributed by atoms with E-state index in [0.717, 1.165) is 5.69 Å². The molecule has 0 saturated heterocycles. The Morgan fingerprint density at radius 1 is 1.56 bits per heavy atom. The van der Waals surface area contributed by atoms with Crippen LogP contribution in [0.4, 0.5) is 0 Å². The second-order valence-corrected chi connectivity index (χ2v) is 4.94. The van der Waals surface area contributed by atoms with Crippen LogP contribution in [0.1, 0.15) is 27.0 Å². The van der Waals surface area contributed by atoms with Gasteiger partial charge in [-0.3, -0.25) is 4.79 Å². The molecule has 0 aliphatic carbocycles. The fraction of sp³-hybridized carbons (Fsp3) is 0.182. The molecule has 16 heavy (non-hydrogen) atoms. The van der Waals surface area contributed by atoms with Gasteiger partial charge in [-0.2, -0.15) is 16.6 Å². The Hall–Kier alpha value is -1.51. The third-order valence-corrected chi connectivity index (χ3v) is 3.79. The molecule has 2 aromatic rings. The van der Waals surface area contributed by atoms with Crippen LogP contribution in [0.15, 0.2) is 22.2 Å². The van der Waals surface area contributed by atoms with Gasteiger partial charge in [0.25, 0.3) is 0 Å². The maximum absolute atomic E-state index is 12.0. The number of hydrogen-bond acceptors (Lipinski definition) is 5. The number of aromatic nitrogens is 1. The van der Waals surface area contributed by atoms with Crippen LogP contribution in [0.5, 0.6) is 0 Å². The maximum Gasteiger partial charge on any atom is 0.187 e. The molecule has 0 N–H and O–H groups in total. The van der Waals surface area contributed by atoms with E-state index in [1.54, 1.807) is 11.4 Å². The molecule has 0 aliphatic rings. The molecular formula is C11H8N2OS2. The lowest BCUT2D eigenvalue weighted by Gasteiger charge is -2.02. The Balaban J connectivity index is 2.31. The molecule has 1 atom stereocenters. The van der Waals surface area contributed by atoms with Crippen LogP contribution in [0.3, 0.4) is 0 Å². The third kappa shape index (κ3) is 2.03. The van der Waals surface area contributed by atoms with Crippen LogP contribution >= 0.6 is 22.7 Å². The Bertz CT molecular complexity index is 537. The number of rotatable bonds is 3. The van der Waals surface area contributed by atoms with E-state index in [9.17, 15) is 4.79 Å². The standard InChI is InChI=1S/C11H8N2OS2/c1-7-5-16-11(13-7)9(4-12)10(14)8-2-3-15-6-8/h2-3,5-6,9H,1H3. The van der Waals surface area contributed by atoms with Crippen molar-refractivity contribution in [3.05, 3.63) is 38.5 Å². The molecule has 1 unspecified atom stereocenters. The van der Waals surface area contributed by atoms with Crippen LogP contribution in [0, 0.1) is 18.3 Å². The quantitative estimate of drug-likeness (QED) is 0.784. The number of ketones is 1. The molecule has 0 bridgehead atoms. The van der Waals surface area contributed by atoms with Gasteiger partial charge in [0.15, 0.2) is 11.7 Å². The molecule has 80 valence electrons. The van der Waals surface area contributed by atoms with E-state index in [-0.39, 0.29) is 5.78 Å². The number of aryl methyl sites for hydroxylation is 1. The molecular weight excluding hydrogens is 240 g/mol. The summed E-state index contributed by atoms with van der Waals surface area (Å²) >= 11 is 2.81. The molecule has 0 aliphatic heterocycles. The molecule has 0 radical (unpaired) electrons. The van der Waals surface area contributed by atoms with E-state index >= 15 is 0 Å². The Morgan fingerprint density at radius 3 is 2.88 bits per heavy atom. The minimum absolute atomic E-state index is 0.168. The summed E-state index contributed by atoms with van der Waals surface area (Å²) in [6.07, 6.45) is 0. The Morgan fingerprint density at radius 2 is 2.38 bits per heavy atom. The topological polar surface area (TPSA) is 53.8 Å². The monoisotopic (exact) mass is 248 g/mol. The van der Waals surface area contributed by atoms with Crippen molar-refractivity contribution >= 4 is 28.5 Å². The number of nitrogens with zero attached hydrogens (tertiary/aromatic N) is 2. The van der Waals surface area contributed by atoms with Gasteiger partial charge in [0.2, 0.25) is 0 Å². The summed E-state index contributed by atoms with van der Waals surface area (Å²) in [5.41, 5.74) is 1.43. The number of hydrogen-bond donors (Lipinski definition) is 0. The maximum atomic E-state index is 12.0. The number of thiophene rings is 1. The van der Waals surface area contributed by atoms with E-state index in [4.69, 9.17) is 5.26 Å². The van der Waals surface area contributed by atoms with Crippen molar-refractivity contribution in [1.29, 1.82) is 5.26 Å². The van der Waals surface area contributed by atoms with Gasteiger partial charge >= 0.3 is 0 Å². The van der Waals surface area contributed by atoms with E-state index in [2.05, 4.69) is 4.98 Å².